The molecule has 1 aromatic heterocycles. The van der Waals surface area contributed by atoms with Crippen molar-refractivity contribution in [2.75, 3.05) is 5.73 Å². The number of rotatable bonds is 4. The maximum absolute atomic E-state index is 5.59. The van der Waals surface area contributed by atoms with E-state index in [4.69, 9.17) is 10.5 Å². The van der Waals surface area contributed by atoms with Gasteiger partial charge in [0.1, 0.15) is 5.69 Å². The second kappa shape index (κ2) is 4.76. The molecule has 5 nitrogen and oxygen atoms in total. The van der Waals surface area contributed by atoms with Crippen LogP contribution in [-0.2, 0) is 25.0 Å². The number of hydrogen-bond donors (Lipinski definition) is 1. The summed E-state index contributed by atoms with van der Waals surface area (Å²) in [5.41, 5.74) is 8.28. The smallest absolute Gasteiger partial charge is 0.108 e. The van der Waals surface area contributed by atoms with Gasteiger partial charge in [-0.05, 0) is 17.7 Å². The minimum atomic E-state index is 0.470. The predicted molar refractivity (Wildman–Crippen MR) is 60.4 cm³/mol. The van der Waals surface area contributed by atoms with Gasteiger partial charge in [-0.2, -0.15) is 0 Å². The maximum Gasteiger partial charge on any atom is 0.108 e. The first kappa shape index (κ1) is 10.6. The van der Waals surface area contributed by atoms with E-state index >= 15 is 0 Å². The van der Waals surface area contributed by atoms with Gasteiger partial charge >= 0.3 is 0 Å². The molecule has 2 N–H and O–H groups in total. The summed E-state index contributed by atoms with van der Waals surface area (Å²) in [7, 11) is 1.83. The second-order valence-electron chi connectivity index (χ2n) is 3.62. The summed E-state index contributed by atoms with van der Waals surface area (Å²) in [4.78, 5) is 0. The van der Waals surface area contributed by atoms with Crippen LogP contribution in [0.2, 0.25) is 0 Å². The van der Waals surface area contributed by atoms with Crippen LogP contribution in [0.15, 0.2) is 30.5 Å². The van der Waals surface area contributed by atoms with E-state index < -0.39 is 0 Å². The van der Waals surface area contributed by atoms with Crippen LogP contribution < -0.4 is 5.73 Å². The zero-order valence-corrected chi connectivity index (χ0v) is 9.13. The van der Waals surface area contributed by atoms with Crippen molar-refractivity contribution in [2.24, 2.45) is 7.05 Å². The molecule has 1 aromatic carbocycles. The highest BCUT2D eigenvalue weighted by Crippen LogP contribution is 2.07. The van der Waals surface area contributed by atoms with E-state index in [1.165, 1.54) is 0 Å². The highest BCUT2D eigenvalue weighted by molar-refractivity contribution is 5.39. The largest absolute Gasteiger partial charge is 0.399 e. The van der Waals surface area contributed by atoms with E-state index in [0.29, 0.717) is 13.2 Å². The lowest BCUT2D eigenvalue weighted by Gasteiger charge is -2.02. The predicted octanol–water partition coefficient (Wildman–Crippen LogP) is 1.11. The van der Waals surface area contributed by atoms with Gasteiger partial charge in [0.2, 0.25) is 0 Å². The summed E-state index contributed by atoms with van der Waals surface area (Å²) in [6, 6.07) is 7.63. The van der Waals surface area contributed by atoms with Crippen molar-refractivity contribution in [3.8, 4) is 0 Å². The maximum atomic E-state index is 5.59. The molecule has 0 aliphatic rings. The molecule has 5 heteroatoms. The van der Waals surface area contributed by atoms with Crippen LogP contribution in [0.25, 0.3) is 0 Å². The molecule has 0 unspecified atom stereocenters. The van der Waals surface area contributed by atoms with Gasteiger partial charge in [-0.1, -0.05) is 17.3 Å². The van der Waals surface area contributed by atoms with Crippen LogP contribution in [0.4, 0.5) is 5.69 Å². The average molecular weight is 218 g/mol. The Hall–Kier alpha value is -1.88. The number of anilines is 1. The third kappa shape index (κ3) is 2.80. The average Bonchev–Trinajstić information content (AvgIpc) is 2.67. The van der Waals surface area contributed by atoms with E-state index in [9.17, 15) is 0 Å². The summed E-state index contributed by atoms with van der Waals surface area (Å²) >= 11 is 0. The fourth-order valence-corrected chi connectivity index (χ4v) is 1.35. The Morgan fingerprint density at radius 3 is 2.62 bits per heavy atom. The Morgan fingerprint density at radius 2 is 2.00 bits per heavy atom. The van der Waals surface area contributed by atoms with E-state index in [0.717, 1.165) is 16.9 Å². The number of benzene rings is 1. The van der Waals surface area contributed by atoms with Crippen LogP contribution >= 0.6 is 0 Å². The van der Waals surface area contributed by atoms with E-state index in [1.807, 2.05) is 37.5 Å². The number of aryl methyl sites for hydroxylation is 1. The van der Waals surface area contributed by atoms with Crippen molar-refractivity contribution in [3.05, 3.63) is 41.7 Å². The van der Waals surface area contributed by atoms with Crippen molar-refractivity contribution in [1.29, 1.82) is 0 Å². The molecule has 84 valence electrons. The Balaban J connectivity index is 1.82. The monoisotopic (exact) mass is 218 g/mol. The molecule has 0 atom stereocenters. The zero-order valence-electron chi connectivity index (χ0n) is 9.13. The number of aromatic nitrogens is 3. The third-order valence-electron chi connectivity index (χ3n) is 2.15. The van der Waals surface area contributed by atoms with Crippen molar-refractivity contribution >= 4 is 5.69 Å². The van der Waals surface area contributed by atoms with Gasteiger partial charge in [0.25, 0.3) is 0 Å². The van der Waals surface area contributed by atoms with Gasteiger partial charge in [-0.15, -0.1) is 5.10 Å². The van der Waals surface area contributed by atoms with E-state index in [-0.39, 0.29) is 0 Å². The van der Waals surface area contributed by atoms with Crippen LogP contribution in [0.1, 0.15) is 11.3 Å². The minimum absolute atomic E-state index is 0.470. The number of nitrogens with zero attached hydrogens (tertiary/aromatic N) is 3. The van der Waals surface area contributed by atoms with Crippen molar-refractivity contribution in [3.63, 3.8) is 0 Å². The topological polar surface area (TPSA) is 66.0 Å². The standard InChI is InChI=1S/C11H14N4O/c1-15-6-11(13-14-15)8-16-7-9-2-4-10(12)5-3-9/h2-6H,7-8,12H2,1H3. The molecule has 0 fully saturated rings. The van der Waals surface area contributed by atoms with Crippen molar-refractivity contribution in [2.45, 2.75) is 13.2 Å². The first-order chi connectivity index (χ1) is 7.74. The molecule has 0 spiro atoms. The van der Waals surface area contributed by atoms with Crippen LogP contribution in [-0.4, -0.2) is 15.0 Å². The third-order valence-corrected chi connectivity index (χ3v) is 2.15. The fraction of sp³-hybridized carbons (Fsp3) is 0.273. The molecule has 0 radical (unpaired) electrons. The SMILES string of the molecule is Cn1cc(COCc2ccc(N)cc2)nn1. The van der Waals surface area contributed by atoms with Gasteiger partial charge in [-0.3, -0.25) is 4.68 Å². The molecule has 0 aliphatic heterocycles. The molecule has 0 saturated heterocycles. The van der Waals surface area contributed by atoms with Crippen LogP contribution in [0.5, 0.6) is 0 Å². The summed E-state index contributed by atoms with van der Waals surface area (Å²) in [5, 5.41) is 7.75. The molecule has 1 heterocycles. The van der Waals surface area contributed by atoms with Crippen molar-refractivity contribution in [1.82, 2.24) is 15.0 Å². The first-order valence-corrected chi connectivity index (χ1v) is 5.01. The number of ether oxygens (including phenoxy) is 1. The molecule has 0 aliphatic carbocycles. The zero-order chi connectivity index (χ0) is 11.4. The number of hydrogen-bond acceptors (Lipinski definition) is 4. The molecule has 2 rings (SSSR count). The van der Waals surface area contributed by atoms with Gasteiger partial charge in [-0.25, -0.2) is 0 Å². The molecular formula is C11H14N4O. The highest BCUT2D eigenvalue weighted by Gasteiger charge is 1.98. The summed E-state index contributed by atoms with van der Waals surface area (Å²) < 4.78 is 7.16. The first-order valence-electron chi connectivity index (χ1n) is 5.01. The summed E-state index contributed by atoms with van der Waals surface area (Å²) in [6.07, 6.45) is 1.84. The highest BCUT2D eigenvalue weighted by atomic mass is 16.5. The lowest BCUT2D eigenvalue weighted by molar-refractivity contribution is 0.104. The number of nitrogens with two attached hydrogens (primary N) is 1. The van der Waals surface area contributed by atoms with Crippen molar-refractivity contribution < 1.29 is 4.74 Å². The molecule has 16 heavy (non-hydrogen) atoms. The van der Waals surface area contributed by atoms with Gasteiger partial charge in [0, 0.05) is 12.7 Å². The van der Waals surface area contributed by atoms with Gasteiger partial charge in [0.05, 0.1) is 19.4 Å². The van der Waals surface area contributed by atoms with Crippen LogP contribution in [0, 0.1) is 0 Å². The Morgan fingerprint density at radius 1 is 1.25 bits per heavy atom. The minimum Gasteiger partial charge on any atom is -0.399 e. The van der Waals surface area contributed by atoms with Gasteiger partial charge < -0.3 is 10.5 Å². The Kier molecular flexibility index (Phi) is 3.16. The normalized spacial score (nSPS) is 10.6. The quantitative estimate of drug-likeness (QED) is 0.781. The molecule has 0 amide bonds. The fourth-order valence-electron chi connectivity index (χ4n) is 1.35. The summed E-state index contributed by atoms with van der Waals surface area (Å²) in [5.74, 6) is 0. The van der Waals surface area contributed by atoms with Crippen LogP contribution in [0.3, 0.4) is 0 Å². The second-order valence-corrected chi connectivity index (χ2v) is 3.62. The van der Waals surface area contributed by atoms with E-state index in [1.54, 1.807) is 4.68 Å². The van der Waals surface area contributed by atoms with Gasteiger partial charge in [0.15, 0.2) is 0 Å². The Labute approximate surface area is 93.8 Å². The molecule has 0 saturated carbocycles. The molecule has 0 bridgehead atoms. The molecular weight excluding hydrogens is 204 g/mol. The summed E-state index contributed by atoms with van der Waals surface area (Å²) in [6.45, 7) is 1.02. The Bertz CT molecular complexity index is 449. The molecule has 2 aromatic rings. The lowest BCUT2D eigenvalue weighted by atomic mass is 10.2. The number of nitrogen functional groups attached to an aromatic ring is 1. The van der Waals surface area contributed by atoms with E-state index in [2.05, 4.69) is 10.3 Å². The lowest BCUT2D eigenvalue weighted by Crippen LogP contribution is -1.95.